The minimum atomic E-state index is -1.73. The fraction of sp³-hybridized carbons (Fsp3) is 0.471. The van der Waals surface area contributed by atoms with E-state index in [0.29, 0.717) is 23.7 Å². The van der Waals surface area contributed by atoms with Crippen LogP contribution in [0.2, 0.25) is 0 Å². The Labute approximate surface area is 200 Å². The molecule has 2 aromatic heterocycles. The number of β-lactam (4-membered cyclic amide) rings is 1. The average molecular weight is 509 g/mol. The fourth-order valence-electron chi connectivity index (χ4n) is 3.15. The number of carboxylic acid groups (broad SMARTS) is 1. The number of H-pyrrole nitrogens is 1. The maximum absolute atomic E-state index is 13.1. The monoisotopic (exact) mass is 508 g/mol. The highest BCUT2D eigenvalue weighted by molar-refractivity contribution is 8.00. The Morgan fingerprint density at radius 1 is 1.44 bits per heavy atom. The maximum atomic E-state index is 13.1. The maximum Gasteiger partial charge on any atom is 0.350 e. The molecule has 0 aliphatic carbocycles. The summed E-state index contributed by atoms with van der Waals surface area (Å²) in [4.78, 5) is 48.0. The van der Waals surface area contributed by atoms with Crippen molar-refractivity contribution in [2.24, 2.45) is 5.16 Å². The number of carboxylic acids is 1. The standard InChI is InChI=1S/C17H20N10O5S2/c1-4-6-5-33-14-8(13(29)27(14)9(6)11-21-25-26-22-11)19-12(28)7(10-20-16(18)34-24-10)23-32-17(2,3)15(30)31/h8,14H,4-5H2,1-3H3,(H,19,28)(H,30,31)(H2,18,20,24)(H,21,22,25,26)/b23-7-/t8-,14-/m1/s1. The van der Waals surface area contributed by atoms with Crippen molar-refractivity contribution in [3.05, 3.63) is 17.2 Å². The van der Waals surface area contributed by atoms with Crippen LogP contribution in [-0.4, -0.2) is 86.3 Å². The lowest BCUT2D eigenvalue weighted by Gasteiger charge is -2.49. The first-order valence-corrected chi connectivity index (χ1v) is 11.8. The third-order valence-corrected chi connectivity index (χ3v) is 6.95. The molecule has 0 saturated carbocycles. The summed E-state index contributed by atoms with van der Waals surface area (Å²) in [6.07, 6.45) is 0.689. The first-order chi connectivity index (χ1) is 16.1. The molecule has 180 valence electrons. The summed E-state index contributed by atoms with van der Waals surface area (Å²) in [5.41, 5.74) is 5.04. The number of nitrogens with one attached hydrogen (secondary N) is 2. The Hall–Kier alpha value is -3.60. The van der Waals surface area contributed by atoms with Gasteiger partial charge in [-0.25, -0.2) is 4.79 Å². The van der Waals surface area contributed by atoms with E-state index in [2.05, 4.69) is 40.5 Å². The van der Waals surface area contributed by atoms with Crippen LogP contribution in [-0.2, 0) is 19.2 Å². The molecular formula is C17H20N10O5S2. The van der Waals surface area contributed by atoms with Gasteiger partial charge in [0.05, 0.1) is 5.70 Å². The van der Waals surface area contributed by atoms with Gasteiger partial charge in [0.2, 0.25) is 23.0 Å². The van der Waals surface area contributed by atoms with Gasteiger partial charge >= 0.3 is 5.97 Å². The molecule has 2 aliphatic rings. The fourth-order valence-corrected chi connectivity index (χ4v) is 5.03. The number of fused-ring (bicyclic) bond motifs is 1. The quantitative estimate of drug-likeness (QED) is 0.200. The lowest BCUT2D eigenvalue weighted by Crippen LogP contribution is -2.70. The molecule has 2 atom stereocenters. The molecule has 2 amide bonds. The summed E-state index contributed by atoms with van der Waals surface area (Å²) in [7, 11) is 0. The van der Waals surface area contributed by atoms with Gasteiger partial charge < -0.3 is 21.0 Å². The van der Waals surface area contributed by atoms with Gasteiger partial charge in [-0.15, -0.1) is 22.0 Å². The van der Waals surface area contributed by atoms with Crippen molar-refractivity contribution in [2.45, 2.75) is 44.2 Å². The van der Waals surface area contributed by atoms with Gasteiger partial charge in [-0.05, 0) is 31.1 Å². The van der Waals surface area contributed by atoms with Gasteiger partial charge in [-0.2, -0.15) is 14.6 Å². The van der Waals surface area contributed by atoms with E-state index in [1.165, 1.54) is 30.5 Å². The highest BCUT2D eigenvalue weighted by atomic mass is 32.2. The SMILES string of the molecule is CCC1=C(c2nn[nH]n2)N2C(=O)[C@@H](NC(=O)/C(=N\OC(C)(C)C(=O)O)c3nsc(N)n3)[C@H]2SC1. The first-order valence-electron chi connectivity index (χ1n) is 9.94. The lowest BCUT2D eigenvalue weighted by atomic mass is 10.0. The molecule has 5 N–H and O–H groups in total. The summed E-state index contributed by atoms with van der Waals surface area (Å²) < 4.78 is 3.95. The molecule has 2 aromatic rings. The summed E-state index contributed by atoms with van der Waals surface area (Å²) in [6.45, 7) is 4.49. The molecule has 0 radical (unpaired) electrons. The van der Waals surface area contributed by atoms with E-state index in [-0.39, 0.29) is 16.9 Å². The first kappa shape index (κ1) is 23.6. The molecule has 0 unspecified atom stereocenters. The van der Waals surface area contributed by atoms with Crippen LogP contribution in [0.4, 0.5) is 5.13 Å². The number of oxime groups is 1. The van der Waals surface area contributed by atoms with Crippen LogP contribution < -0.4 is 11.1 Å². The molecule has 0 aromatic carbocycles. The van der Waals surface area contributed by atoms with E-state index < -0.39 is 34.6 Å². The van der Waals surface area contributed by atoms with E-state index in [4.69, 9.17) is 10.6 Å². The molecule has 0 bridgehead atoms. The number of hydrogen-bond acceptors (Lipinski definition) is 13. The number of amides is 2. The van der Waals surface area contributed by atoms with Crippen molar-refractivity contribution in [3.8, 4) is 0 Å². The summed E-state index contributed by atoms with van der Waals surface area (Å²) in [6, 6.07) is -0.883. The van der Waals surface area contributed by atoms with E-state index in [9.17, 15) is 19.5 Å². The number of nitrogens with zero attached hydrogens (tertiary/aromatic N) is 7. The van der Waals surface area contributed by atoms with Gasteiger partial charge in [0.1, 0.15) is 11.4 Å². The highest BCUT2D eigenvalue weighted by Crippen LogP contribution is 2.43. The van der Waals surface area contributed by atoms with Crippen molar-refractivity contribution < 1.29 is 24.3 Å². The van der Waals surface area contributed by atoms with Crippen molar-refractivity contribution in [1.82, 2.24) is 40.2 Å². The molecule has 4 heterocycles. The Morgan fingerprint density at radius 2 is 2.21 bits per heavy atom. The van der Waals surface area contributed by atoms with E-state index >= 15 is 0 Å². The zero-order chi connectivity index (χ0) is 24.6. The van der Waals surface area contributed by atoms with Gasteiger partial charge in [-0.3, -0.25) is 14.5 Å². The molecule has 15 nitrogen and oxygen atoms in total. The van der Waals surface area contributed by atoms with E-state index in [1.54, 1.807) is 0 Å². The topological polar surface area (TPSA) is 215 Å². The Balaban J connectivity index is 1.57. The van der Waals surface area contributed by atoms with E-state index in [1.807, 2.05) is 6.92 Å². The van der Waals surface area contributed by atoms with Crippen LogP contribution in [0.5, 0.6) is 0 Å². The van der Waals surface area contributed by atoms with Crippen molar-refractivity contribution in [3.63, 3.8) is 0 Å². The van der Waals surface area contributed by atoms with Gasteiger partial charge in [0.25, 0.3) is 11.8 Å². The average Bonchev–Trinajstić information content (AvgIpc) is 3.48. The van der Waals surface area contributed by atoms with Crippen LogP contribution in [0.15, 0.2) is 10.7 Å². The number of carbonyl (C=O) groups is 3. The third kappa shape index (κ3) is 4.18. The largest absolute Gasteiger partial charge is 0.478 e. The molecular weight excluding hydrogens is 488 g/mol. The van der Waals surface area contributed by atoms with Gasteiger partial charge in [0.15, 0.2) is 5.13 Å². The minimum absolute atomic E-state index is 0.0729. The number of anilines is 1. The second kappa shape index (κ2) is 8.98. The number of tetrazole rings is 1. The number of aromatic nitrogens is 6. The second-order valence-electron chi connectivity index (χ2n) is 7.70. The van der Waals surface area contributed by atoms with Crippen LogP contribution in [0.3, 0.4) is 0 Å². The molecule has 4 rings (SSSR count). The summed E-state index contributed by atoms with van der Waals surface area (Å²) in [5, 5.41) is 29.2. The van der Waals surface area contributed by atoms with Crippen LogP contribution >= 0.6 is 23.3 Å². The molecule has 34 heavy (non-hydrogen) atoms. The number of hydrogen-bond donors (Lipinski definition) is 4. The van der Waals surface area contributed by atoms with Crippen LogP contribution in [0.1, 0.15) is 38.8 Å². The highest BCUT2D eigenvalue weighted by Gasteiger charge is 2.53. The molecule has 17 heteroatoms. The second-order valence-corrected chi connectivity index (χ2v) is 9.59. The molecule has 1 fully saturated rings. The molecule has 1 saturated heterocycles. The minimum Gasteiger partial charge on any atom is -0.478 e. The zero-order valence-electron chi connectivity index (χ0n) is 18.2. The third-order valence-electron chi connectivity index (χ3n) is 5.07. The Morgan fingerprint density at radius 3 is 2.79 bits per heavy atom. The van der Waals surface area contributed by atoms with E-state index in [0.717, 1.165) is 17.1 Å². The van der Waals surface area contributed by atoms with Gasteiger partial charge in [-0.1, -0.05) is 12.1 Å². The number of nitrogen functional groups attached to an aromatic ring is 1. The zero-order valence-corrected chi connectivity index (χ0v) is 19.8. The predicted molar refractivity (Wildman–Crippen MR) is 120 cm³/mol. The van der Waals surface area contributed by atoms with Crippen molar-refractivity contribution in [1.29, 1.82) is 0 Å². The normalized spacial score (nSPS) is 20.6. The smallest absolute Gasteiger partial charge is 0.350 e. The molecule has 2 aliphatic heterocycles. The number of thioether (sulfide) groups is 1. The van der Waals surface area contributed by atoms with Crippen molar-refractivity contribution in [2.75, 3.05) is 11.5 Å². The van der Waals surface area contributed by atoms with Crippen LogP contribution in [0, 0.1) is 0 Å². The number of carbonyl (C=O) groups excluding carboxylic acids is 2. The number of aromatic amines is 1. The van der Waals surface area contributed by atoms with Crippen molar-refractivity contribution >= 4 is 57.6 Å². The van der Waals surface area contributed by atoms with Gasteiger partial charge in [0, 0.05) is 17.3 Å². The Kier molecular flexibility index (Phi) is 6.22. The van der Waals surface area contributed by atoms with Crippen LogP contribution in [0.25, 0.3) is 5.70 Å². The summed E-state index contributed by atoms with van der Waals surface area (Å²) >= 11 is 2.31. The number of rotatable bonds is 8. The Bertz CT molecular complexity index is 1190. The summed E-state index contributed by atoms with van der Waals surface area (Å²) in [5.74, 6) is -1.71. The number of nitrogens with two attached hydrogens (primary N) is 1. The number of aliphatic carboxylic acids is 1. The lowest BCUT2D eigenvalue weighted by molar-refractivity contribution is -0.161. The molecule has 0 spiro atoms. The predicted octanol–water partition coefficient (Wildman–Crippen LogP) is -0.561.